The van der Waals surface area contributed by atoms with Gasteiger partial charge in [-0.25, -0.2) is 4.79 Å². The largest absolute Gasteiger partial charge is 0.361 e. The van der Waals surface area contributed by atoms with Crippen molar-refractivity contribution in [2.45, 2.75) is 38.4 Å². The summed E-state index contributed by atoms with van der Waals surface area (Å²) in [5.41, 5.74) is 1.89. The maximum Gasteiger partial charge on any atom is 0.321 e. The normalized spacial score (nSPS) is 12.2. The smallest absolute Gasteiger partial charge is 0.321 e. The van der Waals surface area contributed by atoms with Gasteiger partial charge in [0.05, 0.1) is 5.69 Å². The molecule has 2 N–H and O–H groups in total. The van der Waals surface area contributed by atoms with E-state index in [0.29, 0.717) is 16.7 Å². The van der Waals surface area contributed by atoms with E-state index in [1.54, 1.807) is 0 Å². The third-order valence-electron chi connectivity index (χ3n) is 2.88. The molecule has 114 valence electrons. The third kappa shape index (κ3) is 4.18. The Kier molecular flexibility index (Phi) is 5.18. The molecule has 0 bridgehead atoms. The van der Waals surface area contributed by atoms with E-state index in [1.807, 2.05) is 27.0 Å². The van der Waals surface area contributed by atoms with Gasteiger partial charge in [-0.1, -0.05) is 16.9 Å². The highest BCUT2D eigenvalue weighted by Gasteiger charge is 2.15. The summed E-state index contributed by atoms with van der Waals surface area (Å²) in [4.78, 5) is 16.0. The second-order valence-electron chi connectivity index (χ2n) is 4.59. The second kappa shape index (κ2) is 6.90. The molecule has 0 aromatic carbocycles. The predicted molar refractivity (Wildman–Crippen MR) is 83.0 cm³/mol. The fourth-order valence-electron chi connectivity index (χ4n) is 1.85. The van der Waals surface area contributed by atoms with Crippen LogP contribution < -0.4 is 10.6 Å². The summed E-state index contributed by atoms with van der Waals surface area (Å²) in [5.74, 6) is 0.787. The van der Waals surface area contributed by atoms with Gasteiger partial charge in [0.25, 0.3) is 0 Å². The van der Waals surface area contributed by atoms with E-state index in [9.17, 15) is 4.79 Å². The number of amides is 2. The average Bonchev–Trinajstić information content (AvgIpc) is 3.00. The quantitative estimate of drug-likeness (QED) is 0.820. The maximum atomic E-state index is 11.9. The van der Waals surface area contributed by atoms with Crippen molar-refractivity contribution in [1.29, 1.82) is 0 Å². The van der Waals surface area contributed by atoms with E-state index < -0.39 is 0 Å². The van der Waals surface area contributed by atoms with E-state index in [1.165, 1.54) is 11.8 Å². The van der Waals surface area contributed by atoms with Crippen LogP contribution in [0, 0.1) is 13.8 Å². The molecule has 2 aromatic rings. The van der Waals surface area contributed by atoms with Crippen LogP contribution >= 0.6 is 23.3 Å². The Morgan fingerprint density at radius 3 is 2.81 bits per heavy atom. The molecule has 0 saturated carbocycles. The Hall–Kier alpha value is -1.61. The van der Waals surface area contributed by atoms with Crippen molar-refractivity contribution in [3.8, 4) is 0 Å². The van der Waals surface area contributed by atoms with Gasteiger partial charge in [-0.15, -0.1) is 0 Å². The lowest BCUT2D eigenvalue weighted by molar-refractivity contribution is 0.249. The first-order chi connectivity index (χ1) is 9.99. The number of aromatic nitrogens is 3. The van der Waals surface area contributed by atoms with Crippen LogP contribution in [0.25, 0.3) is 0 Å². The number of aryl methyl sites for hydroxylation is 2. The molecule has 2 aromatic heterocycles. The van der Waals surface area contributed by atoms with Gasteiger partial charge < -0.3 is 9.84 Å². The van der Waals surface area contributed by atoms with E-state index in [-0.39, 0.29) is 12.1 Å². The summed E-state index contributed by atoms with van der Waals surface area (Å²) in [7, 11) is 0. The third-order valence-corrected chi connectivity index (χ3v) is 4.17. The molecular weight excluding hydrogens is 310 g/mol. The molecule has 2 rings (SSSR count). The molecule has 2 heterocycles. The minimum atomic E-state index is -0.293. The topological polar surface area (TPSA) is 92.9 Å². The molecule has 0 aliphatic carbocycles. The molecule has 0 fully saturated rings. The average molecular weight is 327 g/mol. The van der Waals surface area contributed by atoms with Gasteiger partial charge in [-0.05, 0) is 33.4 Å². The van der Waals surface area contributed by atoms with E-state index in [0.717, 1.165) is 28.6 Å². The molecular formula is C12H17N5O2S2. The second-order valence-corrected chi connectivity index (χ2v) is 6.12. The molecule has 7 nitrogen and oxygen atoms in total. The number of anilines is 1. The van der Waals surface area contributed by atoms with Gasteiger partial charge in [-0.2, -0.15) is 9.36 Å². The van der Waals surface area contributed by atoms with Crippen LogP contribution in [-0.4, -0.2) is 32.8 Å². The molecule has 1 atom stereocenters. The van der Waals surface area contributed by atoms with Gasteiger partial charge in [0.15, 0.2) is 0 Å². The summed E-state index contributed by atoms with van der Waals surface area (Å²) in [6.07, 6.45) is 2.55. The molecule has 0 spiro atoms. The Balaban J connectivity index is 1.87. The van der Waals surface area contributed by atoms with Crippen LogP contribution in [0.5, 0.6) is 0 Å². The maximum absolute atomic E-state index is 11.9. The van der Waals surface area contributed by atoms with Crippen LogP contribution in [0.4, 0.5) is 9.93 Å². The first kappa shape index (κ1) is 15.8. The Labute approximate surface area is 131 Å². The molecule has 9 heteroatoms. The van der Waals surface area contributed by atoms with Crippen molar-refractivity contribution in [2.24, 2.45) is 0 Å². The van der Waals surface area contributed by atoms with E-state index >= 15 is 0 Å². The zero-order valence-electron chi connectivity index (χ0n) is 12.3. The van der Waals surface area contributed by atoms with Crippen LogP contribution in [0.3, 0.4) is 0 Å². The number of rotatable bonds is 5. The molecule has 0 unspecified atom stereocenters. The number of nitrogens with one attached hydrogen (secondary N) is 2. The molecule has 0 radical (unpaired) electrons. The highest BCUT2D eigenvalue weighted by atomic mass is 32.2. The summed E-state index contributed by atoms with van der Waals surface area (Å²) in [6.45, 7) is 5.69. The zero-order valence-corrected chi connectivity index (χ0v) is 13.9. The number of carbonyl (C=O) groups is 1. The first-order valence-corrected chi connectivity index (χ1v) is 8.36. The lowest BCUT2D eigenvalue weighted by Crippen LogP contribution is -2.37. The van der Waals surface area contributed by atoms with Crippen molar-refractivity contribution in [2.75, 3.05) is 11.6 Å². The van der Waals surface area contributed by atoms with Crippen molar-refractivity contribution in [3.05, 3.63) is 17.0 Å². The fraction of sp³-hybridized carbons (Fsp3) is 0.500. The van der Waals surface area contributed by atoms with Crippen LogP contribution in [0.15, 0.2) is 9.68 Å². The number of hydrogen-bond donors (Lipinski definition) is 2. The lowest BCUT2D eigenvalue weighted by Gasteiger charge is -2.13. The van der Waals surface area contributed by atoms with E-state index in [4.69, 9.17) is 4.52 Å². The number of nitrogens with zero attached hydrogens (tertiary/aromatic N) is 3. The fourth-order valence-corrected chi connectivity index (χ4v) is 2.97. The monoisotopic (exact) mass is 327 g/mol. The van der Waals surface area contributed by atoms with Crippen molar-refractivity contribution >= 4 is 34.5 Å². The predicted octanol–water partition coefficient (Wildman–Crippen LogP) is 2.62. The molecule has 2 amide bonds. The summed E-state index contributed by atoms with van der Waals surface area (Å²) in [5, 5.41) is 10.6. The van der Waals surface area contributed by atoms with E-state index in [2.05, 4.69) is 25.1 Å². The summed E-state index contributed by atoms with van der Waals surface area (Å²) in [6, 6.07) is -0.340. The SMILES string of the molecule is CSc1nsc(NC(=O)N[C@H](C)Cc2c(C)noc2C)n1. The highest BCUT2D eigenvalue weighted by molar-refractivity contribution is 7.98. The molecule has 0 aliphatic rings. The van der Waals surface area contributed by atoms with Gasteiger partial charge in [-0.3, -0.25) is 5.32 Å². The van der Waals surface area contributed by atoms with Crippen LogP contribution in [-0.2, 0) is 6.42 Å². The van der Waals surface area contributed by atoms with Crippen molar-refractivity contribution < 1.29 is 9.32 Å². The molecule has 21 heavy (non-hydrogen) atoms. The number of urea groups is 1. The van der Waals surface area contributed by atoms with Crippen molar-refractivity contribution in [3.63, 3.8) is 0 Å². The van der Waals surface area contributed by atoms with Crippen molar-refractivity contribution in [1.82, 2.24) is 19.8 Å². The summed E-state index contributed by atoms with van der Waals surface area (Å²) >= 11 is 2.60. The van der Waals surface area contributed by atoms with Gasteiger partial charge in [0.2, 0.25) is 10.3 Å². The standard InChI is InChI=1S/C12H17N5O2S2/c1-6(5-9-7(2)16-19-8(9)3)13-10(18)14-11-15-12(20-4)17-21-11/h6H,5H2,1-4H3,(H2,13,14,15,17,18)/t6-/m1/s1. The Morgan fingerprint density at radius 2 is 2.24 bits per heavy atom. The Bertz CT molecular complexity index is 605. The first-order valence-electron chi connectivity index (χ1n) is 6.36. The molecule has 0 aliphatic heterocycles. The zero-order chi connectivity index (χ0) is 15.4. The molecule has 0 saturated heterocycles. The number of thioether (sulfide) groups is 1. The number of carbonyl (C=O) groups excluding carboxylic acids is 1. The Morgan fingerprint density at radius 1 is 1.48 bits per heavy atom. The van der Waals surface area contributed by atoms with Gasteiger partial charge in [0, 0.05) is 23.1 Å². The minimum absolute atomic E-state index is 0.0465. The summed E-state index contributed by atoms with van der Waals surface area (Å²) < 4.78 is 9.20. The minimum Gasteiger partial charge on any atom is -0.361 e. The lowest BCUT2D eigenvalue weighted by atomic mass is 10.1. The van der Waals surface area contributed by atoms with Crippen LogP contribution in [0.1, 0.15) is 23.9 Å². The highest BCUT2D eigenvalue weighted by Crippen LogP contribution is 2.17. The number of hydrogen-bond acceptors (Lipinski definition) is 7. The van der Waals surface area contributed by atoms with Crippen LogP contribution in [0.2, 0.25) is 0 Å². The van der Waals surface area contributed by atoms with Gasteiger partial charge in [0.1, 0.15) is 5.76 Å². The van der Waals surface area contributed by atoms with Gasteiger partial charge >= 0.3 is 6.03 Å².